The van der Waals surface area contributed by atoms with E-state index < -0.39 is 30.1 Å². The zero-order valence-corrected chi connectivity index (χ0v) is 17.8. The molecular formula is C24H32O6. The topological polar surface area (TPSA) is 99.4 Å². The lowest BCUT2D eigenvalue weighted by molar-refractivity contribution is -0.127. The Morgan fingerprint density at radius 2 is 1.70 bits per heavy atom. The fourth-order valence-electron chi connectivity index (χ4n) is 4.31. The van der Waals surface area contributed by atoms with E-state index in [9.17, 15) is 20.4 Å². The summed E-state index contributed by atoms with van der Waals surface area (Å²) in [6, 6.07) is 11.9. The molecule has 3 rings (SSSR count). The highest BCUT2D eigenvalue weighted by atomic mass is 16.5. The van der Waals surface area contributed by atoms with E-state index in [0.717, 1.165) is 28.0 Å². The Morgan fingerprint density at radius 3 is 2.30 bits per heavy atom. The van der Waals surface area contributed by atoms with Gasteiger partial charge in [-0.2, -0.15) is 0 Å². The van der Waals surface area contributed by atoms with Gasteiger partial charge in [-0.1, -0.05) is 18.2 Å². The summed E-state index contributed by atoms with van der Waals surface area (Å²) in [5.74, 6) is 0.512. The lowest BCUT2D eigenvalue weighted by atomic mass is 9.72. The summed E-state index contributed by atoms with van der Waals surface area (Å²) in [6.07, 6.45) is -2.55. The van der Waals surface area contributed by atoms with Crippen molar-refractivity contribution in [2.75, 3.05) is 20.3 Å². The maximum absolute atomic E-state index is 10.7. The molecule has 0 aliphatic heterocycles. The SMILES string of the molecule is CCOc1ccc(Cc2cc([C@@H]3C[C@H](CO)[C@@H](O)[C@H](O)[C@H]3O)c(OC)cc2C)cc1. The number of hydrogen-bond donors (Lipinski definition) is 4. The zero-order valence-electron chi connectivity index (χ0n) is 17.8. The number of aliphatic hydroxyl groups is 4. The average Bonchev–Trinajstić information content (AvgIpc) is 2.75. The van der Waals surface area contributed by atoms with Crippen LogP contribution in [0.5, 0.6) is 11.5 Å². The van der Waals surface area contributed by atoms with E-state index in [1.54, 1.807) is 7.11 Å². The van der Waals surface area contributed by atoms with Gasteiger partial charge in [0.2, 0.25) is 0 Å². The van der Waals surface area contributed by atoms with E-state index >= 15 is 0 Å². The molecule has 6 heteroatoms. The molecule has 2 aromatic rings. The van der Waals surface area contributed by atoms with Crippen LogP contribution in [-0.4, -0.2) is 59.1 Å². The quantitative estimate of drug-likeness (QED) is 0.552. The number of aliphatic hydroxyl groups excluding tert-OH is 4. The number of benzene rings is 2. The van der Waals surface area contributed by atoms with Gasteiger partial charge in [0.05, 0.1) is 25.9 Å². The summed E-state index contributed by atoms with van der Waals surface area (Å²) in [5, 5.41) is 40.7. The Labute approximate surface area is 177 Å². The van der Waals surface area contributed by atoms with Crippen molar-refractivity contribution < 1.29 is 29.9 Å². The molecule has 1 fully saturated rings. The van der Waals surface area contributed by atoms with Crippen molar-refractivity contribution in [3.8, 4) is 11.5 Å². The van der Waals surface area contributed by atoms with Crippen molar-refractivity contribution in [3.63, 3.8) is 0 Å². The Kier molecular flexibility index (Phi) is 7.36. The van der Waals surface area contributed by atoms with Crippen molar-refractivity contribution in [2.45, 2.75) is 50.9 Å². The van der Waals surface area contributed by atoms with E-state index in [0.29, 0.717) is 25.2 Å². The normalized spacial score (nSPS) is 26.4. The summed E-state index contributed by atoms with van der Waals surface area (Å²) >= 11 is 0. The number of hydrogen-bond acceptors (Lipinski definition) is 6. The molecule has 0 saturated heterocycles. The number of rotatable bonds is 7. The average molecular weight is 417 g/mol. The molecule has 1 aliphatic carbocycles. The maximum atomic E-state index is 10.7. The van der Waals surface area contributed by atoms with Crippen LogP contribution in [0.4, 0.5) is 0 Å². The van der Waals surface area contributed by atoms with Gasteiger partial charge in [0.1, 0.15) is 17.6 Å². The van der Waals surface area contributed by atoms with Gasteiger partial charge in [-0.15, -0.1) is 0 Å². The molecule has 0 bridgehead atoms. The summed E-state index contributed by atoms with van der Waals surface area (Å²) < 4.78 is 11.1. The fourth-order valence-corrected chi connectivity index (χ4v) is 4.31. The third-order valence-corrected chi connectivity index (χ3v) is 6.10. The van der Waals surface area contributed by atoms with E-state index in [-0.39, 0.29) is 6.61 Å². The molecule has 0 heterocycles. The molecule has 4 N–H and O–H groups in total. The van der Waals surface area contributed by atoms with Crippen molar-refractivity contribution in [1.29, 1.82) is 0 Å². The molecule has 0 radical (unpaired) electrons. The second-order valence-corrected chi connectivity index (χ2v) is 8.03. The third kappa shape index (κ3) is 4.62. The lowest BCUT2D eigenvalue weighted by Crippen LogP contribution is -2.51. The first-order valence-electron chi connectivity index (χ1n) is 10.4. The van der Waals surface area contributed by atoms with E-state index in [1.807, 2.05) is 50.2 Å². The van der Waals surface area contributed by atoms with Gasteiger partial charge in [0.25, 0.3) is 0 Å². The van der Waals surface area contributed by atoms with Gasteiger partial charge in [-0.05, 0) is 61.6 Å². The summed E-state index contributed by atoms with van der Waals surface area (Å²) in [5.41, 5.74) is 4.06. The van der Waals surface area contributed by atoms with Crippen molar-refractivity contribution in [1.82, 2.24) is 0 Å². The molecule has 6 nitrogen and oxygen atoms in total. The van der Waals surface area contributed by atoms with Crippen molar-refractivity contribution >= 4 is 0 Å². The zero-order chi connectivity index (χ0) is 21.8. The second-order valence-electron chi connectivity index (χ2n) is 8.03. The smallest absolute Gasteiger partial charge is 0.122 e. The monoisotopic (exact) mass is 416 g/mol. The highest BCUT2D eigenvalue weighted by Gasteiger charge is 2.43. The first kappa shape index (κ1) is 22.6. The molecule has 5 atom stereocenters. The highest BCUT2D eigenvalue weighted by molar-refractivity contribution is 5.47. The van der Waals surface area contributed by atoms with E-state index in [1.165, 1.54) is 0 Å². The predicted molar refractivity (Wildman–Crippen MR) is 114 cm³/mol. The number of ether oxygens (including phenoxy) is 2. The van der Waals surface area contributed by atoms with Gasteiger partial charge < -0.3 is 29.9 Å². The summed E-state index contributed by atoms with van der Waals surface area (Å²) in [4.78, 5) is 0. The predicted octanol–water partition coefficient (Wildman–Crippen LogP) is 2.17. The molecule has 164 valence electrons. The second kappa shape index (κ2) is 9.79. The fraction of sp³-hybridized carbons (Fsp3) is 0.500. The van der Waals surface area contributed by atoms with Gasteiger partial charge in [-0.25, -0.2) is 0 Å². The van der Waals surface area contributed by atoms with Crippen LogP contribution in [0.15, 0.2) is 36.4 Å². The van der Waals surface area contributed by atoms with Gasteiger partial charge >= 0.3 is 0 Å². The largest absolute Gasteiger partial charge is 0.496 e. The van der Waals surface area contributed by atoms with Crippen molar-refractivity contribution in [3.05, 3.63) is 58.7 Å². The first-order valence-corrected chi connectivity index (χ1v) is 10.4. The van der Waals surface area contributed by atoms with Crippen LogP contribution < -0.4 is 9.47 Å². The van der Waals surface area contributed by atoms with Crippen LogP contribution in [0.3, 0.4) is 0 Å². The summed E-state index contributed by atoms with van der Waals surface area (Å²) in [6.45, 7) is 4.34. The van der Waals surface area contributed by atoms with Crippen LogP contribution in [0.1, 0.15) is 41.5 Å². The Morgan fingerprint density at radius 1 is 1.00 bits per heavy atom. The van der Waals surface area contributed by atoms with Crippen LogP contribution in [0.25, 0.3) is 0 Å². The highest BCUT2D eigenvalue weighted by Crippen LogP contribution is 2.41. The number of aryl methyl sites for hydroxylation is 1. The van der Waals surface area contributed by atoms with Gasteiger partial charge in [0, 0.05) is 24.0 Å². The molecule has 0 aromatic heterocycles. The first-order chi connectivity index (χ1) is 14.4. The minimum Gasteiger partial charge on any atom is -0.496 e. The number of methoxy groups -OCH3 is 1. The third-order valence-electron chi connectivity index (χ3n) is 6.10. The molecule has 1 aliphatic rings. The van der Waals surface area contributed by atoms with Crippen LogP contribution in [0.2, 0.25) is 0 Å². The molecule has 0 spiro atoms. The Hall–Kier alpha value is -2.12. The molecular weight excluding hydrogens is 384 g/mol. The molecule has 30 heavy (non-hydrogen) atoms. The van der Waals surface area contributed by atoms with Gasteiger partial charge in [0.15, 0.2) is 0 Å². The maximum Gasteiger partial charge on any atom is 0.122 e. The van der Waals surface area contributed by atoms with Crippen LogP contribution >= 0.6 is 0 Å². The van der Waals surface area contributed by atoms with E-state index in [4.69, 9.17) is 9.47 Å². The van der Waals surface area contributed by atoms with E-state index in [2.05, 4.69) is 0 Å². The molecule has 1 saturated carbocycles. The summed E-state index contributed by atoms with van der Waals surface area (Å²) in [7, 11) is 1.58. The Balaban J connectivity index is 1.93. The van der Waals surface area contributed by atoms with Crippen molar-refractivity contribution in [2.24, 2.45) is 5.92 Å². The lowest BCUT2D eigenvalue weighted by Gasteiger charge is -2.40. The standard InChI is InChI=1S/C24H32O6/c1-4-30-18-7-5-15(6-8-18)10-16-11-19(21(29-3)9-14(16)2)20-12-17(13-25)22(26)24(28)23(20)27/h5-9,11,17,20,22-28H,4,10,12-13H2,1-3H3/t17-,20+,22-,23+,24+/m1/s1. The molecule has 0 unspecified atom stereocenters. The van der Waals surface area contributed by atoms with Crippen LogP contribution in [0, 0.1) is 12.8 Å². The minimum atomic E-state index is -1.32. The Bertz CT molecular complexity index is 832. The van der Waals surface area contributed by atoms with Gasteiger partial charge in [-0.3, -0.25) is 0 Å². The van der Waals surface area contributed by atoms with Crippen LogP contribution in [-0.2, 0) is 6.42 Å². The molecule has 2 aromatic carbocycles. The molecule has 0 amide bonds. The minimum absolute atomic E-state index is 0.255.